The molecular formula is C9H11F2N3. The van der Waals surface area contributed by atoms with Gasteiger partial charge in [-0.25, -0.2) is 8.78 Å². The molecule has 0 atom stereocenters. The number of amidine groups is 1. The number of nitrogen functional groups attached to an aromatic ring is 1. The quantitative estimate of drug-likeness (QED) is 0.514. The number of anilines is 1. The SMILES string of the molecule is CNc1ccc(C(F)F)cc1C(=N)N. The predicted octanol–water partition coefficient (Wildman–Crippen LogP) is 1.95. The van der Waals surface area contributed by atoms with Gasteiger partial charge in [0.05, 0.1) is 0 Å². The van der Waals surface area contributed by atoms with Crippen molar-refractivity contribution in [2.24, 2.45) is 5.73 Å². The topological polar surface area (TPSA) is 61.9 Å². The molecule has 5 heteroatoms. The first kappa shape index (κ1) is 10.4. The Morgan fingerprint density at radius 3 is 2.57 bits per heavy atom. The Bertz CT molecular complexity index is 350. The minimum atomic E-state index is -2.54. The lowest BCUT2D eigenvalue weighted by atomic mass is 10.1. The lowest BCUT2D eigenvalue weighted by molar-refractivity contribution is 0.151. The molecular weight excluding hydrogens is 188 g/mol. The molecule has 0 saturated carbocycles. The maximum Gasteiger partial charge on any atom is 0.263 e. The first-order chi connectivity index (χ1) is 6.56. The van der Waals surface area contributed by atoms with Crippen molar-refractivity contribution in [2.45, 2.75) is 6.43 Å². The Labute approximate surface area is 80.4 Å². The fourth-order valence-corrected chi connectivity index (χ4v) is 1.14. The van der Waals surface area contributed by atoms with Gasteiger partial charge in [0.2, 0.25) is 0 Å². The van der Waals surface area contributed by atoms with E-state index in [0.717, 1.165) is 0 Å². The molecule has 76 valence electrons. The highest BCUT2D eigenvalue weighted by atomic mass is 19.3. The fraction of sp³-hybridized carbons (Fsp3) is 0.222. The highest BCUT2D eigenvalue weighted by molar-refractivity contribution is 6.00. The molecule has 1 rings (SSSR count). The first-order valence-corrected chi connectivity index (χ1v) is 4.00. The number of hydrogen-bond donors (Lipinski definition) is 3. The molecule has 0 saturated heterocycles. The maximum absolute atomic E-state index is 12.3. The molecule has 3 nitrogen and oxygen atoms in total. The summed E-state index contributed by atoms with van der Waals surface area (Å²) in [5.74, 6) is -0.225. The number of benzene rings is 1. The summed E-state index contributed by atoms with van der Waals surface area (Å²) < 4.78 is 24.6. The average Bonchev–Trinajstić information content (AvgIpc) is 2.16. The summed E-state index contributed by atoms with van der Waals surface area (Å²) >= 11 is 0. The van der Waals surface area contributed by atoms with Crippen LogP contribution < -0.4 is 11.1 Å². The van der Waals surface area contributed by atoms with Crippen molar-refractivity contribution in [3.8, 4) is 0 Å². The van der Waals surface area contributed by atoms with Crippen LogP contribution >= 0.6 is 0 Å². The summed E-state index contributed by atoms with van der Waals surface area (Å²) in [6, 6.07) is 4.01. The van der Waals surface area contributed by atoms with E-state index in [1.807, 2.05) is 0 Å². The van der Waals surface area contributed by atoms with E-state index < -0.39 is 6.43 Å². The zero-order valence-electron chi connectivity index (χ0n) is 7.64. The van der Waals surface area contributed by atoms with Crippen molar-refractivity contribution in [1.29, 1.82) is 5.41 Å². The monoisotopic (exact) mass is 199 g/mol. The molecule has 4 N–H and O–H groups in total. The predicted molar refractivity (Wildman–Crippen MR) is 52.0 cm³/mol. The molecule has 1 aromatic rings. The van der Waals surface area contributed by atoms with Gasteiger partial charge in [0.25, 0.3) is 6.43 Å². The van der Waals surface area contributed by atoms with Crippen LogP contribution in [0.1, 0.15) is 17.6 Å². The van der Waals surface area contributed by atoms with Crippen molar-refractivity contribution in [3.63, 3.8) is 0 Å². The average molecular weight is 199 g/mol. The van der Waals surface area contributed by atoms with Gasteiger partial charge in [-0.3, -0.25) is 5.41 Å². The third-order valence-electron chi connectivity index (χ3n) is 1.86. The van der Waals surface area contributed by atoms with Gasteiger partial charge in [0.15, 0.2) is 0 Å². The number of rotatable bonds is 3. The fourth-order valence-electron chi connectivity index (χ4n) is 1.14. The second kappa shape index (κ2) is 4.04. The molecule has 14 heavy (non-hydrogen) atoms. The van der Waals surface area contributed by atoms with Gasteiger partial charge >= 0.3 is 0 Å². The molecule has 0 heterocycles. The summed E-state index contributed by atoms with van der Waals surface area (Å²) in [4.78, 5) is 0. The van der Waals surface area contributed by atoms with E-state index in [2.05, 4.69) is 5.32 Å². The van der Waals surface area contributed by atoms with E-state index in [9.17, 15) is 8.78 Å². The molecule has 0 aromatic heterocycles. The molecule has 0 amide bonds. The van der Waals surface area contributed by atoms with E-state index in [4.69, 9.17) is 11.1 Å². The van der Waals surface area contributed by atoms with Crippen LogP contribution in [0.3, 0.4) is 0 Å². The first-order valence-electron chi connectivity index (χ1n) is 4.00. The van der Waals surface area contributed by atoms with E-state index in [1.54, 1.807) is 7.05 Å². The van der Waals surface area contributed by atoms with Crippen LogP contribution in [-0.2, 0) is 0 Å². The van der Waals surface area contributed by atoms with Crippen molar-refractivity contribution in [3.05, 3.63) is 29.3 Å². The van der Waals surface area contributed by atoms with Gasteiger partial charge in [-0.05, 0) is 12.1 Å². The standard InChI is InChI=1S/C9H11F2N3/c1-14-7-3-2-5(8(10)11)4-6(7)9(12)13/h2-4,8,14H,1H3,(H3,12,13). The normalized spacial score (nSPS) is 10.3. The summed E-state index contributed by atoms with van der Waals surface area (Å²) in [6.45, 7) is 0. The van der Waals surface area contributed by atoms with Crippen LogP contribution in [0.25, 0.3) is 0 Å². The van der Waals surface area contributed by atoms with Crippen LogP contribution in [0.5, 0.6) is 0 Å². The number of halogens is 2. The van der Waals surface area contributed by atoms with Gasteiger partial charge in [-0.15, -0.1) is 0 Å². The summed E-state index contributed by atoms with van der Waals surface area (Å²) in [7, 11) is 1.64. The van der Waals surface area contributed by atoms with Crippen molar-refractivity contribution in [1.82, 2.24) is 0 Å². The molecule has 1 aromatic carbocycles. The van der Waals surface area contributed by atoms with Crippen molar-refractivity contribution >= 4 is 11.5 Å². The van der Waals surface area contributed by atoms with Crippen molar-refractivity contribution in [2.75, 3.05) is 12.4 Å². The summed E-state index contributed by atoms with van der Waals surface area (Å²) in [6.07, 6.45) is -2.54. The highest BCUT2D eigenvalue weighted by Gasteiger charge is 2.11. The third-order valence-corrected chi connectivity index (χ3v) is 1.86. The Balaban J connectivity index is 3.21. The molecule has 0 aliphatic heterocycles. The molecule has 0 spiro atoms. The Morgan fingerprint density at radius 2 is 2.14 bits per heavy atom. The zero-order valence-corrected chi connectivity index (χ0v) is 7.64. The lowest BCUT2D eigenvalue weighted by Gasteiger charge is -2.09. The number of nitrogens with one attached hydrogen (secondary N) is 2. The number of alkyl halides is 2. The summed E-state index contributed by atoms with van der Waals surface area (Å²) in [5, 5.41) is 9.99. The van der Waals surface area contributed by atoms with Crippen LogP contribution in [0.4, 0.5) is 14.5 Å². The Morgan fingerprint density at radius 1 is 1.50 bits per heavy atom. The van der Waals surface area contributed by atoms with E-state index >= 15 is 0 Å². The molecule has 0 aliphatic carbocycles. The lowest BCUT2D eigenvalue weighted by Crippen LogP contribution is -2.14. The van der Waals surface area contributed by atoms with E-state index in [1.165, 1.54) is 18.2 Å². The van der Waals surface area contributed by atoms with Gasteiger partial charge in [-0.2, -0.15) is 0 Å². The van der Waals surface area contributed by atoms with Crippen LogP contribution in [0.15, 0.2) is 18.2 Å². The zero-order chi connectivity index (χ0) is 10.7. The maximum atomic E-state index is 12.3. The number of hydrogen-bond acceptors (Lipinski definition) is 2. The molecule has 0 radical (unpaired) electrons. The van der Waals surface area contributed by atoms with Crippen LogP contribution in [-0.4, -0.2) is 12.9 Å². The van der Waals surface area contributed by atoms with Gasteiger partial charge in [-0.1, -0.05) is 6.07 Å². The second-order valence-electron chi connectivity index (χ2n) is 2.77. The second-order valence-corrected chi connectivity index (χ2v) is 2.77. The molecule has 0 fully saturated rings. The Hall–Kier alpha value is -1.65. The van der Waals surface area contributed by atoms with Crippen LogP contribution in [0.2, 0.25) is 0 Å². The van der Waals surface area contributed by atoms with Gasteiger partial charge in [0, 0.05) is 23.9 Å². The molecule has 0 aliphatic rings. The summed E-state index contributed by atoms with van der Waals surface area (Å²) in [5.41, 5.74) is 5.99. The van der Waals surface area contributed by atoms with E-state index in [-0.39, 0.29) is 11.4 Å². The van der Waals surface area contributed by atoms with Crippen molar-refractivity contribution < 1.29 is 8.78 Å². The highest BCUT2D eigenvalue weighted by Crippen LogP contribution is 2.23. The number of nitrogens with two attached hydrogens (primary N) is 1. The Kier molecular flexibility index (Phi) is 3.01. The minimum Gasteiger partial charge on any atom is -0.388 e. The smallest absolute Gasteiger partial charge is 0.263 e. The van der Waals surface area contributed by atoms with E-state index in [0.29, 0.717) is 11.3 Å². The largest absolute Gasteiger partial charge is 0.388 e. The third kappa shape index (κ3) is 1.99. The van der Waals surface area contributed by atoms with Crippen LogP contribution in [0, 0.1) is 5.41 Å². The van der Waals surface area contributed by atoms with Gasteiger partial charge < -0.3 is 11.1 Å². The molecule has 0 unspecified atom stereocenters. The molecule has 0 bridgehead atoms. The minimum absolute atomic E-state index is 0.130. The van der Waals surface area contributed by atoms with Gasteiger partial charge in [0.1, 0.15) is 5.84 Å².